The summed E-state index contributed by atoms with van der Waals surface area (Å²) in [5.74, 6) is 1.15. The highest BCUT2D eigenvalue weighted by Gasteiger charge is 2.19. The van der Waals surface area contributed by atoms with Gasteiger partial charge in [-0.25, -0.2) is 4.98 Å². The first kappa shape index (κ1) is 13.4. The molecule has 0 amide bonds. The number of aromatic nitrogens is 2. The number of rotatable bonds is 5. The van der Waals surface area contributed by atoms with Crippen LogP contribution in [0.5, 0.6) is 0 Å². The van der Waals surface area contributed by atoms with E-state index in [-0.39, 0.29) is 0 Å². The minimum atomic E-state index is 0.478. The van der Waals surface area contributed by atoms with Crippen LogP contribution in [0.3, 0.4) is 0 Å². The molecular weight excluding hydrogens is 246 g/mol. The summed E-state index contributed by atoms with van der Waals surface area (Å²) in [7, 11) is 0. The van der Waals surface area contributed by atoms with Gasteiger partial charge < -0.3 is 9.88 Å². The lowest BCUT2D eigenvalue weighted by Crippen LogP contribution is -2.26. The number of nitrogens with one attached hydrogen (secondary N) is 1. The molecular formula is C17H23N3. The van der Waals surface area contributed by atoms with Gasteiger partial charge in [-0.2, -0.15) is 0 Å². The predicted molar refractivity (Wildman–Crippen MR) is 81.5 cm³/mol. The Morgan fingerprint density at radius 2 is 2.25 bits per heavy atom. The smallest absolute Gasteiger partial charge is 0.122 e. The molecule has 1 aliphatic carbocycles. The van der Waals surface area contributed by atoms with Gasteiger partial charge in [0, 0.05) is 25.0 Å². The number of imidazole rings is 1. The monoisotopic (exact) mass is 269 g/mol. The summed E-state index contributed by atoms with van der Waals surface area (Å²) in [5, 5.41) is 3.70. The number of hydrogen-bond donors (Lipinski definition) is 1. The zero-order valence-corrected chi connectivity index (χ0v) is 12.2. The summed E-state index contributed by atoms with van der Waals surface area (Å²) in [5.41, 5.74) is 2.99. The number of nitrogens with zero attached hydrogens (tertiary/aromatic N) is 2. The second-order valence-electron chi connectivity index (χ2n) is 5.56. The van der Waals surface area contributed by atoms with Crippen LogP contribution in [0.1, 0.15) is 49.2 Å². The van der Waals surface area contributed by atoms with Gasteiger partial charge in [-0.15, -0.1) is 0 Å². The van der Waals surface area contributed by atoms with Crippen LogP contribution in [-0.2, 0) is 19.5 Å². The van der Waals surface area contributed by atoms with Crippen LogP contribution >= 0.6 is 0 Å². The third-order valence-corrected chi connectivity index (χ3v) is 4.14. The summed E-state index contributed by atoms with van der Waals surface area (Å²) in [6.45, 7) is 4.11. The van der Waals surface area contributed by atoms with E-state index in [4.69, 9.17) is 0 Å². The van der Waals surface area contributed by atoms with E-state index in [0.717, 1.165) is 25.3 Å². The van der Waals surface area contributed by atoms with Crippen LogP contribution < -0.4 is 5.32 Å². The molecule has 1 aliphatic rings. The molecule has 0 radical (unpaired) electrons. The Labute approximate surface area is 121 Å². The van der Waals surface area contributed by atoms with Crippen molar-refractivity contribution in [2.45, 2.75) is 51.7 Å². The van der Waals surface area contributed by atoms with E-state index in [1.165, 1.54) is 30.4 Å². The molecule has 0 spiro atoms. The molecule has 106 valence electrons. The van der Waals surface area contributed by atoms with Crippen molar-refractivity contribution in [1.29, 1.82) is 0 Å². The van der Waals surface area contributed by atoms with Gasteiger partial charge in [0.05, 0.1) is 6.54 Å². The first-order valence-corrected chi connectivity index (χ1v) is 7.69. The predicted octanol–water partition coefficient (Wildman–Crippen LogP) is 3.46. The second kappa shape index (κ2) is 6.23. The molecule has 1 aromatic heterocycles. The van der Waals surface area contributed by atoms with Crippen LogP contribution in [-0.4, -0.2) is 9.55 Å². The zero-order chi connectivity index (χ0) is 13.8. The van der Waals surface area contributed by atoms with Gasteiger partial charge in [-0.05, 0) is 36.8 Å². The van der Waals surface area contributed by atoms with Crippen molar-refractivity contribution < 1.29 is 0 Å². The lowest BCUT2D eigenvalue weighted by molar-refractivity contribution is 0.445. The molecule has 1 unspecified atom stereocenters. The van der Waals surface area contributed by atoms with Gasteiger partial charge in [-0.1, -0.05) is 31.2 Å². The Morgan fingerprint density at radius 3 is 3.15 bits per heavy atom. The summed E-state index contributed by atoms with van der Waals surface area (Å²) >= 11 is 0. The van der Waals surface area contributed by atoms with Gasteiger partial charge in [0.2, 0.25) is 0 Å². The quantitative estimate of drug-likeness (QED) is 0.901. The van der Waals surface area contributed by atoms with Crippen molar-refractivity contribution in [2.75, 3.05) is 0 Å². The molecule has 1 N–H and O–H groups in total. The van der Waals surface area contributed by atoms with Crippen molar-refractivity contribution >= 4 is 0 Å². The minimum absolute atomic E-state index is 0.478. The van der Waals surface area contributed by atoms with E-state index in [0.29, 0.717) is 6.04 Å². The fourth-order valence-electron chi connectivity index (χ4n) is 3.13. The van der Waals surface area contributed by atoms with Crippen molar-refractivity contribution in [2.24, 2.45) is 0 Å². The van der Waals surface area contributed by atoms with E-state index < -0.39 is 0 Å². The molecule has 0 saturated heterocycles. The van der Waals surface area contributed by atoms with Crippen LogP contribution in [0.4, 0.5) is 0 Å². The topological polar surface area (TPSA) is 29.9 Å². The number of hydrogen-bond acceptors (Lipinski definition) is 2. The Bertz CT molecular complexity index is 559. The van der Waals surface area contributed by atoms with Crippen LogP contribution in [0.15, 0.2) is 36.7 Å². The number of aryl methyl sites for hydroxylation is 2. The molecule has 0 fully saturated rings. The Kier molecular flexibility index (Phi) is 4.16. The molecule has 20 heavy (non-hydrogen) atoms. The molecule has 1 aromatic carbocycles. The molecule has 0 saturated carbocycles. The maximum atomic E-state index is 4.48. The highest BCUT2D eigenvalue weighted by atomic mass is 15.1. The van der Waals surface area contributed by atoms with Crippen molar-refractivity contribution in [3.63, 3.8) is 0 Å². The lowest BCUT2D eigenvalue weighted by Gasteiger charge is -2.26. The Morgan fingerprint density at radius 1 is 1.35 bits per heavy atom. The average molecular weight is 269 g/mol. The fraction of sp³-hybridized carbons (Fsp3) is 0.471. The molecule has 2 aromatic rings. The lowest BCUT2D eigenvalue weighted by atomic mass is 9.88. The van der Waals surface area contributed by atoms with Gasteiger partial charge in [-0.3, -0.25) is 0 Å². The largest absolute Gasteiger partial charge is 0.334 e. The summed E-state index contributed by atoms with van der Waals surface area (Å²) in [4.78, 5) is 4.48. The van der Waals surface area contributed by atoms with Crippen LogP contribution in [0.25, 0.3) is 0 Å². The zero-order valence-electron chi connectivity index (χ0n) is 12.2. The van der Waals surface area contributed by atoms with Crippen molar-refractivity contribution in [3.8, 4) is 0 Å². The summed E-state index contributed by atoms with van der Waals surface area (Å²) < 4.78 is 2.25. The summed E-state index contributed by atoms with van der Waals surface area (Å²) in [6.07, 6.45) is 8.86. The maximum Gasteiger partial charge on any atom is 0.122 e. The van der Waals surface area contributed by atoms with Gasteiger partial charge >= 0.3 is 0 Å². The highest BCUT2D eigenvalue weighted by molar-refractivity contribution is 5.32. The van der Waals surface area contributed by atoms with Gasteiger partial charge in [0.1, 0.15) is 5.82 Å². The SMILES string of the molecule is CCCn1ccnc1CNC1CCCc2ccccc21. The molecule has 1 heterocycles. The van der Waals surface area contributed by atoms with Crippen molar-refractivity contribution in [1.82, 2.24) is 14.9 Å². The van der Waals surface area contributed by atoms with Gasteiger partial charge in [0.15, 0.2) is 0 Å². The first-order chi connectivity index (χ1) is 9.88. The third-order valence-electron chi connectivity index (χ3n) is 4.14. The van der Waals surface area contributed by atoms with E-state index in [1.54, 1.807) is 0 Å². The minimum Gasteiger partial charge on any atom is -0.334 e. The molecule has 3 heteroatoms. The van der Waals surface area contributed by atoms with Crippen LogP contribution in [0, 0.1) is 0 Å². The third kappa shape index (κ3) is 2.78. The van der Waals surface area contributed by atoms with E-state index in [2.05, 4.69) is 52.3 Å². The number of fused-ring (bicyclic) bond motifs is 1. The summed E-state index contributed by atoms with van der Waals surface area (Å²) in [6, 6.07) is 9.31. The highest BCUT2D eigenvalue weighted by Crippen LogP contribution is 2.29. The molecule has 0 bridgehead atoms. The number of benzene rings is 1. The normalized spacial score (nSPS) is 17.9. The van der Waals surface area contributed by atoms with Crippen molar-refractivity contribution in [3.05, 3.63) is 53.6 Å². The van der Waals surface area contributed by atoms with Gasteiger partial charge in [0.25, 0.3) is 0 Å². The van der Waals surface area contributed by atoms with E-state index in [1.807, 2.05) is 6.20 Å². The molecule has 0 aliphatic heterocycles. The van der Waals surface area contributed by atoms with Crippen LogP contribution in [0.2, 0.25) is 0 Å². The fourth-order valence-corrected chi connectivity index (χ4v) is 3.13. The Balaban J connectivity index is 1.69. The van der Waals surface area contributed by atoms with E-state index >= 15 is 0 Å². The first-order valence-electron chi connectivity index (χ1n) is 7.69. The second-order valence-corrected chi connectivity index (χ2v) is 5.56. The van der Waals surface area contributed by atoms with E-state index in [9.17, 15) is 0 Å². The molecule has 1 atom stereocenters. The molecule has 3 nitrogen and oxygen atoms in total. The molecule has 3 rings (SSSR count). The standard InChI is InChI=1S/C17H23N3/c1-2-11-20-12-10-18-17(20)13-19-16-9-5-7-14-6-3-4-8-15(14)16/h3-4,6,8,10,12,16,19H,2,5,7,9,11,13H2,1H3. The average Bonchev–Trinajstić information content (AvgIpc) is 2.93. The Hall–Kier alpha value is -1.61. The maximum absolute atomic E-state index is 4.48.